The van der Waals surface area contributed by atoms with Crippen molar-refractivity contribution in [3.05, 3.63) is 88.4 Å². The molecule has 3 rings (SSSR count). The highest BCUT2D eigenvalue weighted by molar-refractivity contribution is 9.10. The maximum Gasteiger partial charge on any atom is 0.264 e. The number of ether oxygens (including phenoxy) is 1. The first kappa shape index (κ1) is 32.1. The van der Waals surface area contributed by atoms with Gasteiger partial charge in [0.05, 0.1) is 17.2 Å². The highest BCUT2D eigenvalue weighted by Gasteiger charge is 2.33. The molecule has 2 amide bonds. The van der Waals surface area contributed by atoms with Crippen molar-refractivity contribution in [3.8, 4) is 5.75 Å². The van der Waals surface area contributed by atoms with Crippen LogP contribution in [0.2, 0.25) is 0 Å². The molecule has 0 aromatic heterocycles. The maximum absolute atomic E-state index is 14.1. The van der Waals surface area contributed by atoms with Gasteiger partial charge in [0.1, 0.15) is 18.3 Å². The van der Waals surface area contributed by atoms with Crippen molar-refractivity contribution in [2.24, 2.45) is 0 Å². The molecule has 0 saturated heterocycles. The van der Waals surface area contributed by atoms with Gasteiger partial charge in [0.2, 0.25) is 11.8 Å². The summed E-state index contributed by atoms with van der Waals surface area (Å²) >= 11 is 3.35. The highest BCUT2D eigenvalue weighted by Crippen LogP contribution is 2.28. The monoisotopic (exact) mass is 643 g/mol. The van der Waals surface area contributed by atoms with E-state index in [1.807, 2.05) is 52.0 Å². The summed E-state index contributed by atoms with van der Waals surface area (Å²) in [4.78, 5) is 28.9. The molecule has 0 bridgehead atoms. The van der Waals surface area contributed by atoms with Gasteiger partial charge in [0.25, 0.3) is 10.0 Å². The summed E-state index contributed by atoms with van der Waals surface area (Å²) in [5, 5.41) is 2.90. The van der Waals surface area contributed by atoms with Gasteiger partial charge in [0.15, 0.2) is 0 Å². The summed E-state index contributed by atoms with van der Waals surface area (Å²) in [5.41, 5.74) is 2.16. The van der Waals surface area contributed by atoms with Gasteiger partial charge >= 0.3 is 0 Å². The molecule has 1 N–H and O–H groups in total. The first-order chi connectivity index (χ1) is 19.6. The zero-order valence-corrected chi connectivity index (χ0v) is 26.4. The Morgan fingerprint density at radius 2 is 1.61 bits per heavy atom. The molecule has 0 spiro atoms. The largest absolute Gasteiger partial charge is 0.494 e. The van der Waals surface area contributed by atoms with E-state index in [-0.39, 0.29) is 17.3 Å². The van der Waals surface area contributed by atoms with Crippen LogP contribution in [0.1, 0.15) is 44.7 Å². The van der Waals surface area contributed by atoms with Crippen molar-refractivity contribution in [2.45, 2.75) is 58.0 Å². The third-order valence-corrected chi connectivity index (χ3v) is 8.97. The molecular weight excluding hydrogens is 606 g/mol. The number of carbonyl (C=O) groups excluding carboxylic acids is 2. The molecular formula is C31H38BrN3O5S. The fraction of sp³-hybridized carbons (Fsp3) is 0.355. The third-order valence-electron chi connectivity index (χ3n) is 6.65. The smallest absolute Gasteiger partial charge is 0.264 e. The van der Waals surface area contributed by atoms with Gasteiger partial charge in [-0.05, 0) is 86.3 Å². The molecule has 3 aromatic carbocycles. The minimum absolute atomic E-state index is 0.0422. The number of hydrogen-bond donors (Lipinski definition) is 1. The first-order valence-corrected chi connectivity index (χ1v) is 16.0. The van der Waals surface area contributed by atoms with Crippen LogP contribution in [0.5, 0.6) is 5.75 Å². The summed E-state index contributed by atoms with van der Waals surface area (Å²) < 4.78 is 35.3. The van der Waals surface area contributed by atoms with Gasteiger partial charge in [-0.2, -0.15) is 0 Å². The Hall–Kier alpha value is -3.37. The molecule has 0 aliphatic carbocycles. The van der Waals surface area contributed by atoms with E-state index in [0.717, 1.165) is 26.3 Å². The average Bonchev–Trinajstić information content (AvgIpc) is 2.96. The van der Waals surface area contributed by atoms with E-state index in [0.29, 0.717) is 31.0 Å². The van der Waals surface area contributed by atoms with Gasteiger partial charge < -0.3 is 15.0 Å². The van der Waals surface area contributed by atoms with E-state index in [4.69, 9.17) is 4.74 Å². The average molecular weight is 645 g/mol. The van der Waals surface area contributed by atoms with Crippen molar-refractivity contribution >= 4 is 43.5 Å². The van der Waals surface area contributed by atoms with Gasteiger partial charge in [-0.25, -0.2) is 8.42 Å². The number of nitrogens with zero attached hydrogens (tertiary/aromatic N) is 2. The standard InChI is InChI=1S/C31H38BrN3O5S/c1-5-20-33-31(37)29(6-2)34(21-24-11-9-8-10-23(24)4)30(36)22-35(26-14-16-27(17-15-26)40-7-3)41(38,39)28-18-12-25(32)13-19-28/h8-19,29H,5-7,20-22H2,1-4H3,(H,33,37). The van der Waals surface area contributed by atoms with E-state index >= 15 is 0 Å². The Bertz CT molecular complexity index is 1410. The van der Waals surface area contributed by atoms with Crippen molar-refractivity contribution in [3.63, 3.8) is 0 Å². The molecule has 1 atom stereocenters. The van der Waals surface area contributed by atoms with E-state index in [1.165, 1.54) is 17.0 Å². The number of aryl methyl sites for hydroxylation is 1. The maximum atomic E-state index is 14.1. The molecule has 1 unspecified atom stereocenters. The minimum Gasteiger partial charge on any atom is -0.494 e. The van der Waals surface area contributed by atoms with Crippen LogP contribution in [-0.2, 0) is 26.2 Å². The van der Waals surface area contributed by atoms with Gasteiger partial charge in [-0.15, -0.1) is 0 Å². The van der Waals surface area contributed by atoms with Crippen molar-refractivity contribution in [2.75, 3.05) is 24.0 Å². The van der Waals surface area contributed by atoms with Gasteiger partial charge in [-0.1, -0.05) is 54.0 Å². The van der Waals surface area contributed by atoms with Crippen molar-refractivity contribution in [1.82, 2.24) is 10.2 Å². The number of sulfonamides is 1. The lowest BCUT2D eigenvalue weighted by atomic mass is 10.1. The number of rotatable bonds is 14. The Morgan fingerprint density at radius 1 is 0.951 bits per heavy atom. The lowest BCUT2D eigenvalue weighted by Crippen LogP contribution is -2.52. The fourth-order valence-electron chi connectivity index (χ4n) is 4.39. The normalized spacial score (nSPS) is 11.9. The number of carbonyl (C=O) groups is 2. The zero-order chi connectivity index (χ0) is 30.0. The quantitative estimate of drug-likeness (QED) is 0.244. The van der Waals surface area contributed by atoms with Crippen molar-refractivity contribution in [1.29, 1.82) is 0 Å². The summed E-state index contributed by atoms with van der Waals surface area (Å²) in [7, 11) is -4.15. The summed E-state index contributed by atoms with van der Waals surface area (Å²) in [6, 6.07) is 19.7. The van der Waals surface area contributed by atoms with Crippen LogP contribution < -0.4 is 14.4 Å². The number of anilines is 1. The van der Waals surface area contributed by atoms with Crippen LogP contribution in [0, 0.1) is 6.92 Å². The van der Waals surface area contributed by atoms with E-state index in [9.17, 15) is 18.0 Å². The lowest BCUT2D eigenvalue weighted by Gasteiger charge is -2.33. The SMILES string of the molecule is CCCNC(=O)C(CC)N(Cc1ccccc1C)C(=O)CN(c1ccc(OCC)cc1)S(=O)(=O)c1ccc(Br)cc1. The second kappa shape index (κ2) is 15.0. The molecule has 0 fully saturated rings. The Morgan fingerprint density at radius 3 is 2.20 bits per heavy atom. The van der Waals surface area contributed by atoms with Crippen LogP contribution in [0.25, 0.3) is 0 Å². The topological polar surface area (TPSA) is 96.0 Å². The van der Waals surface area contributed by atoms with Crippen LogP contribution in [-0.4, -0.2) is 50.9 Å². The van der Waals surface area contributed by atoms with Crippen molar-refractivity contribution < 1.29 is 22.7 Å². The van der Waals surface area contributed by atoms with E-state index < -0.39 is 28.5 Å². The molecule has 220 valence electrons. The fourth-order valence-corrected chi connectivity index (χ4v) is 6.07. The molecule has 10 heteroatoms. The third kappa shape index (κ3) is 8.33. The summed E-state index contributed by atoms with van der Waals surface area (Å²) in [5.74, 6) is -0.163. The molecule has 8 nitrogen and oxygen atoms in total. The minimum atomic E-state index is -4.15. The van der Waals surface area contributed by atoms with E-state index in [1.54, 1.807) is 36.4 Å². The van der Waals surface area contributed by atoms with Crippen LogP contribution >= 0.6 is 15.9 Å². The number of amides is 2. The second-order valence-corrected chi connectivity index (χ2v) is 12.3. The predicted octanol–water partition coefficient (Wildman–Crippen LogP) is 5.69. The number of nitrogens with one attached hydrogen (secondary N) is 1. The van der Waals surface area contributed by atoms with Crippen LogP contribution in [0.3, 0.4) is 0 Å². The van der Waals surface area contributed by atoms with Gasteiger partial charge in [0, 0.05) is 17.6 Å². The summed E-state index contributed by atoms with van der Waals surface area (Å²) in [6.45, 7) is 8.23. The summed E-state index contributed by atoms with van der Waals surface area (Å²) in [6.07, 6.45) is 1.13. The van der Waals surface area contributed by atoms with Crippen LogP contribution in [0.15, 0.2) is 82.2 Å². The second-order valence-electron chi connectivity index (χ2n) is 9.56. The number of halogens is 1. The molecule has 0 aliphatic rings. The Labute approximate surface area is 251 Å². The predicted molar refractivity (Wildman–Crippen MR) is 165 cm³/mol. The first-order valence-electron chi connectivity index (χ1n) is 13.7. The molecule has 0 radical (unpaired) electrons. The molecule has 0 aliphatic heterocycles. The Kier molecular flexibility index (Phi) is 11.8. The lowest BCUT2D eigenvalue weighted by molar-refractivity contribution is -0.140. The Balaban J connectivity index is 2.06. The van der Waals surface area contributed by atoms with Gasteiger partial charge in [-0.3, -0.25) is 13.9 Å². The number of hydrogen-bond acceptors (Lipinski definition) is 5. The molecule has 3 aromatic rings. The zero-order valence-electron chi connectivity index (χ0n) is 24.0. The van der Waals surface area contributed by atoms with Crippen LogP contribution in [0.4, 0.5) is 5.69 Å². The molecule has 0 saturated carbocycles. The molecule has 41 heavy (non-hydrogen) atoms. The number of benzene rings is 3. The molecule has 0 heterocycles. The van der Waals surface area contributed by atoms with E-state index in [2.05, 4.69) is 21.2 Å². The highest BCUT2D eigenvalue weighted by atomic mass is 79.9.